The van der Waals surface area contributed by atoms with E-state index in [1.165, 1.54) is 24.9 Å². The second kappa shape index (κ2) is 5.97. The van der Waals surface area contributed by atoms with Crippen LogP contribution < -0.4 is 0 Å². The standard InChI is InChI=1S/C13H20N2O/c16-9-3-6-13-5-2-8-15(13)11-12-4-1-7-14-10-12/h1,4,7,10,13,16H,2-3,5-6,8-9,11H2. The van der Waals surface area contributed by atoms with Crippen molar-refractivity contribution >= 4 is 0 Å². The molecule has 1 aromatic rings. The van der Waals surface area contributed by atoms with Crippen LogP contribution in [0.4, 0.5) is 0 Å². The summed E-state index contributed by atoms with van der Waals surface area (Å²) in [5.41, 5.74) is 1.29. The molecule has 0 spiro atoms. The second-order valence-electron chi connectivity index (χ2n) is 4.49. The monoisotopic (exact) mass is 220 g/mol. The molecule has 2 rings (SSSR count). The minimum Gasteiger partial charge on any atom is -0.396 e. The van der Waals surface area contributed by atoms with Gasteiger partial charge >= 0.3 is 0 Å². The zero-order chi connectivity index (χ0) is 11.2. The zero-order valence-electron chi connectivity index (χ0n) is 9.68. The Bertz CT molecular complexity index is 302. The van der Waals surface area contributed by atoms with Gasteiger partial charge in [0.1, 0.15) is 0 Å². The smallest absolute Gasteiger partial charge is 0.0431 e. The highest BCUT2D eigenvalue weighted by molar-refractivity contribution is 5.08. The van der Waals surface area contributed by atoms with Crippen LogP contribution in [0.15, 0.2) is 24.5 Å². The summed E-state index contributed by atoms with van der Waals surface area (Å²) in [6, 6.07) is 4.79. The van der Waals surface area contributed by atoms with E-state index in [-0.39, 0.29) is 0 Å². The highest BCUT2D eigenvalue weighted by atomic mass is 16.2. The Morgan fingerprint density at radius 3 is 3.19 bits per heavy atom. The molecule has 16 heavy (non-hydrogen) atoms. The van der Waals surface area contributed by atoms with Gasteiger partial charge in [0.25, 0.3) is 0 Å². The van der Waals surface area contributed by atoms with Gasteiger partial charge < -0.3 is 5.11 Å². The molecule has 1 saturated heterocycles. The van der Waals surface area contributed by atoms with Crippen molar-refractivity contribution in [3.05, 3.63) is 30.1 Å². The summed E-state index contributed by atoms with van der Waals surface area (Å²) in [4.78, 5) is 6.67. The van der Waals surface area contributed by atoms with Gasteiger partial charge in [-0.3, -0.25) is 9.88 Å². The van der Waals surface area contributed by atoms with Gasteiger partial charge in [-0.25, -0.2) is 0 Å². The van der Waals surface area contributed by atoms with Gasteiger partial charge in [0.05, 0.1) is 0 Å². The van der Waals surface area contributed by atoms with Gasteiger partial charge in [-0.2, -0.15) is 0 Å². The fourth-order valence-corrected chi connectivity index (χ4v) is 2.48. The zero-order valence-corrected chi connectivity index (χ0v) is 9.68. The molecule has 1 aliphatic heterocycles. The lowest BCUT2D eigenvalue weighted by atomic mass is 10.1. The second-order valence-corrected chi connectivity index (χ2v) is 4.49. The van der Waals surface area contributed by atoms with Gasteiger partial charge in [-0.15, -0.1) is 0 Å². The van der Waals surface area contributed by atoms with Gasteiger partial charge in [-0.1, -0.05) is 6.07 Å². The maximum atomic E-state index is 8.87. The summed E-state index contributed by atoms with van der Waals surface area (Å²) in [6.45, 7) is 2.51. The molecule has 1 N–H and O–H groups in total. The molecule has 0 saturated carbocycles. The van der Waals surface area contributed by atoms with Crippen molar-refractivity contribution in [3.8, 4) is 0 Å². The average Bonchev–Trinajstić information content (AvgIpc) is 2.75. The number of aromatic nitrogens is 1. The number of aliphatic hydroxyl groups excluding tert-OH is 1. The molecule has 1 aliphatic rings. The van der Waals surface area contributed by atoms with Crippen molar-refractivity contribution in [1.82, 2.24) is 9.88 Å². The van der Waals surface area contributed by atoms with Crippen LogP contribution in [0.3, 0.4) is 0 Å². The first-order valence-corrected chi connectivity index (χ1v) is 6.14. The molecular formula is C13H20N2O. The molecular weight excluding hydrogens is 200 g/mol. The Hall–Kier alpha value is -0.930. The van der Waals surface area contributed by atoms with E-state index in [0.717, 1.165) is 19.4 Å². The molecule has 3 heteroatoms. The Morgan fingerprint density at radius 1 is 1.50 bits per heavy atom. The lowest BCUT2D eigenvalue weighted by Gasteiger charge is -2.24. The molecule has 1 unspecified atom stereocenters. The predicted molar refractivity (Wildman–Crippen MR) is 64.0 cm³/mol. The lowest BCUT2D eigenvalue weighted by Crippen LogP contribution is -2.29. The highest BCUT2D eigenvalue weighted by Gasteiger charge is 2.23. The number of hydrogen-bond donors (Lipinski definition) is 1. The van der Waals surface area contributed by atoms with Crippen molar-refractivity contribution in [2.24, 2.45) is 0 Å². The van der Waals surface area contributed by atoms with E-state index in [9.17, 15) is 0 Å². The number of rotatable bonds is 5. The topological polar surface area (TPSA) is 36.4 Å². The third-order valence-electron chi connectivity index (χ3n) is 3.30. The van der Waals surface area contributed by atoms with E-state index >= 15 is 0 Å². The van der Waals surface area contributed by atoms with E-state index < -0.39 is 0 Å². The predicted octanol–water partition coefficient (Wildman–Crippen LogP) is 1.82. The summed E-state index contributed by atoms with van der Waals surface area (Å²) >= 11 is 0. The molecule has 0 aromatic carbocycles. The first kappa shape index (κ1) is 11.6. The fourth-order valence-electron chi connectivity index (χ4n) is 2.48. The van der Waals surface area contributed by atoms with E-state index in [2.05, 4.69) is 16.0 Å². The Morgan fingerprint density at radius 2 is 2.44 bits per heavy atom. The van der Waals surface area contributed by atoms with Crippen molar-refractivity contribution in [2.45, 2.75) is 38.3 Å². The average molecular weight is 220 g/mol. The van der Waals surface area contributed by atoms with Gasteiger partial charge in [-0.05, 0) is 43.9 Å². The Balaban J connectivity index is 1.88. The SMILES string of the molecule is OCCCC1CCCN1Cc1cccnc1. The quantitative estimate of drug-likeness (QED) is 0.822. The van der Waals surface area contributed by atoms with Crippen LogP contribution in [0, 0.1) is 0 Å². The summed E-state index contributed by atoms with van der Waals surface area (Å²) in [5.74, 6) is 0. The first-order valence-electron chi connectivity index (χ1n) is 6.14. The van der Waals surface area contributed by atoms with Crippen molar-refractivity contribution in [3.63, 3.8) is 0 Å². The van der Waals surface area contributed by atoms with Gasteiger partial charge in [0.2, 0.25) is 0 Å². The summed E-state index contributed by atoms with van der Waals surface area (Å²) in [7, 11) is 0. The number of nitrogens with zero attached hydrogens (tertiary/aromatic N) is 2. The maximum absolute atomic E-state index is 8.87. The minimum absolute atomic E-state index is 0.317. The molecule has 2 heterocycles. The molecule has 0 amide bonds. The Kier molecular flexibility index (Phi) is 4.31. The molecule has 1 fully saturated rings. The number of likely N-dealkylation sites (tertiary alicyclic amines) is 1. The number of pyridine rings is 1. The van der Waals surface area contributed by atoms with Crippen LogP contribution in [0.25, 0.3) is 0 Å². The molecule has 1 aromatic heterocycles. The number of hydrogen-bond acceptors (Lipinski definition) is 3. The summed E-state index contributed by atoms with van der Waals surface area (Å²) in [6.07, 6.45) is 8.37. The van der Waals surface area contributed by atoms with E-state index in [1.807, 2.05) is 18.5 Å². The van der Waals surface area contributed by atoms with Gasteiger partial charge in [0, 0.05) is 31.6 Å². The van der Waals surface area contributed by atoms with Crippen molar-refractivity contribution in [2.75, 3.05) is 13.2 Å². The molecule has 0 aliphatic carbocycles. The third-order valence-corrected chi connectivity index (χ3v) is 3.30. The summed E-state index contributed by atoms with van der Waals surface area (Å²) in [5, 5.41) is 8.87. The van der Waals surface area contributed by atoms with E-state index in [4.69, 9.17) is 5.11 Å². The van der Waals surface area contributed by atoms with Crippen LogP contribution >= 0.6 is 0 Å². The minimum atomic E-state index is 0.317. The van der Waals surface area contributed by atoms with Crippen LogP contribution in [-0.2, 0) is 6.54 Å². The third kappa shape index (κ3) is 3.03. The normalized spacial score (nSPS) is 21.4. The molecule has 0 bridgehead atoms. The van der Waals surface area contributed by atoms with E-state index in [0.29, 0.717) is 12.6 Å². The van der Waals surface area contributed by atoms with Crippen LogP contribution in [0.1, 0.15) is 31.2 Å². The molecule has 3 nitrogen and oxygen atoms in total. The fraction of sp³-hybridized carbons (Fsp3) is 0.615. The van der Waals surface area contributed by atoms with Crippen molar-refractivity contribution in [1.29, 1.82) is 0 Å². The lowest BCUT2D eigenvalue weighted by molar-refractivity contribution is 0.210. The first-order chi connectivity index (χ1) is 7.90. The largest absolute Gasteiger partial charge is 0.396 e. The molecule has 0 radical (unpaired) electrons. The van der Waals surface area contributed by atoms with Gasteiger partial charge in [0.15, 0.2) is 0 Å². The molecule has 88 valence electrons. The summed E-state index contributed by atoms with van der Waals surface area (Å²) < 4.78 is 0. The van der Waals surface area contributed by atoms with Crippen molar-refractivity contribution < 1.29 is 5.11 Å². The highest BCUT2D eigenvalue weighted by Crippen LogP contribution is 2.23. The molecule has 1 atom stereocenters. The van der Waals surface area contributed by atoms with E-state index in [1.54, 1.807) is 0 Å². The van der Waals surface area contributed by atoms with Crippen LogP contribution in [-0.4, -0.2) is 34.2 Å². The maximum Gasteiger partial charge on any atom is 0.0431 e. The van der Waals surface area contributed by atoms with Crippen LogP contribution in [0.5, 0.6) is 0 Å². The Labute approximate surface area is 97.1 Å². The van der Waals surface area contributed by atoms with Crippen LogP contribution in [0.2, 0.25) is 0 Å². The number of aliphatic hydroxyl groups is 1.